The van der Waals surface area contributed by atoms with Crippen LogP contribution >= 0.6 is 0 Å². The molecular weight excluding hydrogens is 218 g/mol. The number of benzene rings is 1. The van der Waals surface area contributed by atoms with Crippen molar-refractivity contribution in [3.63, 3.8) is 0 Å². The molecule has 1 aromatic rings. The lowest BCUT2D eigenvalue weighted by atomic mass is 9.96. The largest absolute Gasteiger partial charge is 0.310 e. The van der Waals surface area contributed by atoms with Gasteiger partial charge in [-0.15, -0.1) is 0 Å². The van der Waals surface area contributed by atoms with E-state index in [1.54, 1.807) is 0 Å². The van der Waals surface area contributed by atoms with Crippen molar-refractivity contribution in [1.29, 1.82) is 0 Å². The normalized spacial score (nSPS) is 12.9. The summed E-state index contributed by atoms with van der Waals surface area (Å²) in [6.07, 6.45) is 6.75. The first-order valence-corrected chi connectivity index (χ1v) is 7.54. The van der Waals surface area contributed by atoms with Crippen LogP contribution in [-0.2, 0) is 0 Å². The molecular formula is C17H29N. The zero-order valence-electron chi connectivity index (χ0n) is 12.3. The number of hydrogen-bond donors (Lipinski definition) is 1. The molecule has 0 aliphatic carbocycles. The second-order valence-electron chi connectivity index (χ2n) is 5.50. The second-order valence-corrected chi connectivity index (χ2v) is 5.50. The standard InChI is InChI=1S/C17H29N/c1-4-5-6-7-11-14-18-17(15(2)3)16-12-9-8-10-13-16/h8-10,12-13,15,17-18H,4-7,11,14H2,1-3H3. The Morgan fingerprint density at radius 2 is 1.61 bits per heavy atom. The van der Waals surface area contributed by atoms with Crippen molar-refractivity contribution < 1.29 is 0 Å². The van der Waals surface area contributed by atoms with Crippen molar-refractivity contribution >= 4 is 0 Å². The maximum atomic E-state index is 3.71. The van der Waals surface area contributed by atoms with Gasteiger partial charge in [-0.1, -0.05) is 76.8 Å². The molecule has 1 heteroatoms. The van der Waals surface area contributed by atoms with Gasteiger partial charge in [-0.25, -0.2) is 0 Å². The van der Waals surface area contributed by atoms with Crippen LogP contribution in [0.3, 0.4) is 0 Å². The van der Waals surface area contributed by atoms with E-state index < -0.39 is 0 Å². The van der Waals surface area contributed by atoms with Crippen LogP contribution in [0.1, 0.15) is 64.5 Å². The van der Waals surface area contributed by atoms with Crippen LogP contribution in [0.4, 0.5) is 0 Å². The van der Waals surface area contributed by atoms with Crippen LogP contribution in [0.15, 0.2) is 30.3 Å². The van der Waals surface area contributed by atoms with Gasteiger partial charge >= 0.3 is 0 Å². The van der Waals surface area contributed by atoms with Crippen molar-refractivity contribution in [3.05, 3.63) is 35.9 Å². The monoisotopic (exact) mass is 247 g/mol. The van der Waals surface area contributed by atoms with Crippen molar-refractivity contribution in [2.24, 2.45) is 5.92 Å². The lowest BCUT2D eigenvalue weighted by molar-refractivity contribution is 0.405. The van der Waals surface area contributed by atoms with Gasteiger partial charge in [-0.05, 0) is 24.4 Å². The molecule has 0 aliphatic rings. The molecule has 1 aromatic carbocycles. The van der Waals surface area contributed by atoms with Gasteiger partial charge in [0.15, 0.2) is 0 Å². The number of hydrogen-bond acceptors (Lipinski definition) is 1. The predicted molar refractivity (Wildman–Crippen MR) is 80.8 cm³/mol. The smallest absolute Gasteiger partial charge is 0.0343 e. The lowest BCUT2D eigenvalue weighted by Gasteiger charge is -2.23. The summed E-state index contributed by atoms with van der Waals surface area (Å²) >= 11 is 0. The Labute approximate surface area is 113 Å². The third-order valence-electron chi connectivity index (χ3n) is 3.47. The highest BCUT2D eigenvalue weighted by molar-refractivity contribution is 5.19. The molecule has 0 aliphatic heterocycles. The molecule has 0 saturated heterocycles. The SMILES string of the molecule is CCCCCCCNC(c1ccccc1)C(C)C. The average Bonchev–Trinajstić information content (AvgIpc) is 2.38. The summed E-state index contributed by atoms with van der Waals surface area (Å²) in [5.41, 5.74) is 1.42. The highest BCUT2D eigenvalue weighted by Crippen LogP contribution is 2.21. The average molecular weight is 247 g/mol. The fraction of sp³-hybridized carbons (Fsp3) is 0.647. The van der Waals surface area contributed by atoms with E-state index in [9.17, 15) is 0 Å². The summed E-state index contributed by atoms with van der Waals surface area (Å²) in [5, 5.41) is 3.71. The van der Waals surface area contributed by atoms with Crippen LogP contribution in [0.25, 0.3) is 0 Å². The summed E-state index contributed by atoms with van der Waals surface area (Å²) in [6.45, 7) is 7.99. The van der Waals surface area contributed by atoms with Crippen molar-refractivity contribution in [1.82, 2.24) is 5.32 Å². The van der Waals surface area contributed by atoms with Gasteiger partial charge in [0.2, 0.25) is 0 Å². The van der Waals surface area contributed by atoms with Crippen molar-refractivity contribution in [2.45, 2.75) is 58.9 Å². The molecule has 1 unspecified atom stereocenters. The molecule has 0 aromatic heterocycles. The Balaban J connectivity index is 2.31. The molecule has 1 N–H and O–H groups in total. The van der Waals surface area contributed by atoms with E-state index in [0.717, 1.165) is 6.54 Å². The molecule has 1 nitrogen and oxygen atoms in total. The van der Waals surface area contributed by atoms with Gasteiger partial charge in [-0.2, -0.15) is 0 Å². The molecule has 0 fully saturated rings. The molecule has 0 amide bonds. The fourth-order valence-electron chi connectivity index (χ4n) is 2.38. The highest BCUT2D eigenvalue weighted by atomic mass is 14.9. The topological polar surface area (TPSA) is 12.0 Å². The van der Waals surface area contributed by atoms with E-state index in [1.165, 1.54) is 37.7 Å². The maximum absolute atomic E-state index is 3.71. The van der Waals surface area contributed by atoms with Crippen LogP contribution in [0.5, 0.6) is 0 Å². The molecule has 18 heavy (non-hydrogen) atoms. The van der Waals surface area contributed by atoms with E-state index >= 15 is 0 Å². The van der Waals surface area contributed by atoms with Crippen LogP contribution < -0.4 is 5.32 Å². The quantitative estimate of drug-likeness (QED) is 0.609. The van der Waals surface area contributed by atoms with E-state index in [4.69, 9.17) is 0 Å². The zero-order valence-corrected chi connectivity index (χ0v) is 12.3. The van der Waals surface area contributed by atoms with Crippen LogP contribution in [-0.4, -0.2) is 6.54 Å². The minimum Gasteiger partial charge on any atom is -0.310 e. The molecule has 0 radical (unpaired) electrons. The first-order valence-electron chi connectivity index (χ1n) is 7.54. The first kappa shape index (κ1) is 15.2. The second kappa shape index (κ2) is 9.16. The Morgan fingerprint density at radius 1 is 0.944 bits per heavy atom. The fourth-order valence-corrected chi connectivity index (χ4v) is 2.38. The van der Waals surface area contributed by atoms with Gasteiger partial charge in [0.25, 0.3) is 0 Å². The molecule has 0 spiro atoms. The van der Waals surface area contributed by atoms with E-state index in [-0.39, 0.29) is 0 Å². The minimum atomic E-state index is 0.498. The Morgan fingerprint density at radius 3 is 2.22 bits per heavy atom. The Hall–Kier alpha value is -0.820. The Kier molecular flexibility index (Phi) is 7.75. The summed E-state index contributed by atoms with van der Waals surface area (Å²) < 4.78 is 0. The number of nitrogens with one attached hydrogen (secondary N) is 1. The van der Waals surface area contributed by atoms with Crippen molar-refractivity contribution in [3.8, 4) is 0 Å². The molecule has 1 atom stereocenters. The van der Waals surface area contributed by atoms with E-state index in [0.29, 0.717) is 12.0 Å². The number of unbranched alkanes of at least 4 members (excludes halogenated alkanes) is 4. The molecule has 1 rings (SSSR count). The summed E-state index contributed by atoms with van der Waals surface area (Å²) in [4.78, 5) is 0. The maximum Gasteiger partial charge on any atom is 0.0343 e. The predicted octanol–water partition coefficient (Wildman–Crippen LogP) is 4.94. The summed E-state index contributed by atoms with van der Waals surface area (Å²) in [5.74, 6) is 0.642. The van der Waals surface area contributed by atoms with E-state index in [2.05, 4.69) is 56.4 Å². The van der Waals surface area contributed by atoms with Crippen LogP contribution in [0, 0.1) is 5.92 Å². The molecule has 102 valence electrons. The number of rotatable bonds is 9. The molecule has 0 saturated carbocycles. The van der Waals surface area contributed by atoms with Gasteiger partial charge in [0.1, 0.15) is 0 Å². The van der Waals surface area contributed by atoms with Gasteiger partial charge < -0.3 is 5.32 Å². The van der Waals surface area contributed by atoms with Gasteiger partial charge in [0.05, 0.1) is 0 Å². The van der Waals surface area contributed by atoms with Crippen molar-refractivity contribution in [2.75, 3.05) is 6.54 Å². The summed E-state index contributed by atoms with van der Waals surface area (Å²) in [6, 6.07) is 11.3. The molecule has 0 heterocycles. The minimum absolute atomic E-state index is 0.498. The van der Waals surface area contributed by atoms with Gasteiger partial charge in [0, 0.05) is 6.04 Å². The van der Waals surface area contributed by atoms with Crippen LogP contribution in [0.2, 0.25) is 0 Å². The van der Waals surface area contributed by atoms with Gasteiger partial charge in [-0.3, -0.25) is 0 Å². The first-order chi connectivity index (χ1) is 8.75. The lowest BCUT2D eigenvalue weighted by Crippen LogP contribution is -2.26. The third kappa shape index (κ3) is 5.68. The van der Waals surface area contributed by atoms with E-state index in [1.807, 2.05) is 0 Å². The summed E-state index contributed by atoms with van der Waals surface area (Å²) in [7, 11) is 0. The Bertz CT molecular complexity index is 292. The highest BCUT2D eigenvalue weighted by Gasteiger charge is 2.13. The zero-order chi connectivity index (χ0) is 13.2. The molecule has 0 bridgehead atoms. The third-order valence-corrected chi connectivity index (χ3v) is 3.47.